The van der Waals surface area contributed by atoms with Crippen molar-refractivity contribution in [2.75, 3.05) is 6.54 Å². The van der Waals surface area contributed by atoms with Crippen molar-refractivity contribution >= 4 is 0 Å². The van der Waals surface area contributed by atoms with Gasteiger partial charge in [-0.3, -0.25) is 0 Å². The van der Waals surface area contributed by atoms with Crippen molar-refractivity contribution < 1.29 is 0 Å². The fraction of sp³-hybridized carbons (Fsp3) is 0.357. The first-order valence-corrected chi connectivity index (χ1v) is 6.02. The third kappa shape index (κ3) is 2.56. The van der Waals surface area contributed by atoms with Crippen LogP contribution in [0.3, 0.4) is 0 Å². The number of hydrogen-bond acceptors (Lipinski definition) is 2. The van der Waals surface area contributed by atoms with Crippen molar-refractivity contribution in [2.24, 2.45) is 0 Å². The first-order chi connectivity index (χ1) is 8.22. The number of aryl methyl sites for hydroxylation is 2. The van der Waals surface area contributed by atoms with Crippen LogP contribution in [0, 0.1) is 13.8 Å². The molecule has 0 radical (unpaired) electrons. The Balaban J connectivity index is 2.35. The second kappa shape index (κ2) is 5.15. The largest absolute Gasteiger partial charge is 0.347 e. The van der Waals surface area contributed by atoms with E-state index in [0.717, 1.165) is 12.4 Å². The van der Waals surface area contributed by atoms with Crippen LogP contribution in [0.2, 0.25) is 0 Å². The fourth-order valence-corrected chi connectivity index (χ4v) is 1.96. The van der Waals surface area contributed by atoms with E-state index >= 15 is 0 Å². The van der Waals surface area contributed by atoms with Crippen molar-refractivity contribution in [3.8, 4) is 0 Å². The minimum Gasteiger partial charge on any atom is -0.347 e. The van der Waals surface area contributed by atoms with Gasteiger partial charge < -0.3 is 10.3 Å². The Bertz CT molecular complexity index is 474. The van der Waals surface area contributed by atoms with Gasteiger partial charge in [0.2, 0.25) is 0 Å². The molecule has 2 N–H and O–H groups in total. The number of nitrogens with zero attached hydrogens (tertiary/aromatic N) is 1. The number of benzene rings is 1. The molecule has 17 heavy (non-hydrogen) atoms. The Kier molecular flexibility index (Phi) is 3.59. The maximum atomic E-state index is 4.35. The van der Waals surface area contributed by atoms with E-state index in [-0.39, 0.29) is 6.04 Å². The van der Waals surface area contributed by atoms with Gasteiger partial charge in [-0.1, -0.05) is 25.1 Å². The molecule has 3 nitrogen and oxygen atoms in total. The van der Waals surface area contributed by atoms with Crippen molar-refractivity contribution in [3.63, 3.8) is 0 Å². The molecule has 0 saturated heterocycles. The summed E-state index contributed by atoms with van der Waals surface area (Å²) in [4.78, 5) is 7.53. The minimum absolute atomic E-state index is 0.147. The Morgan fingerprint density at radius 2 is 2.12 bits per heavy atom. The van der Waals surface area contributed by atoms with Crippen LogP contribution < -0.4 is 5.32 Å². The monoisotopic (exact) mass is 229 g/mol. The van der Waals surface area contributed by atoms with E-state index in [2.05, 4.69) is 54.3 Å². The van der Waals surface area contributed by atoms with Crippen LogP contribution in [0.15, 0.2) is 30.6 Å². The zero-order valence-electron chi connectivity index (χ0n) is 10.6. The van der Waals surface area contributed by atoms with Gasteiger partial charge in [-0.15, -0.1) is 0 Å². The van der Waals surface area contributed by atoms with E-state index in [9.17, 15) is 0 Å². The molecule has 0 aliphatic heterocycles. The molecule has 90 valence electrons. The molecular formula is C14H19N3. The standard InChI is InChI=1S/C14H19N3/c1-4-15-13(14-16-7-8-17-14)12-6-5-10(2)11(3)9-12/h5-9,13,15H,4H2,1-3H3,(H,16,17). The highest BCUT2D eigenvalue weighted by atomic mass is 15.0. The van der Waals surface area contributed by atoms with Crippen molar-refractivity contribution in [2.45, 2.75) is 26.8 Å². The Morgan fingerprint density at radius 3 is 2.71 bits per heavy atom. The van der Waals surface area contributed by atoms with E-state index in [1.807, 2.05) is 6.20 Å². The SMILES string of the molecule is CCNC(c1ccc(C)c(C)c1)c1ncc[nH]1. The first kappa shape index (κ1) is 11.9. The van der Waals surface area contributed by atoms with Gasteiger partial charge in [-0.05, 0) is 37.1 Å². The maximum absolute atomic E-state index is 4.35. The zero-order chi connectivity index (χ0) is 12.3. The van der Waals surface area contributed by atoms with Gasteiger partial charge >= 0.3 is 0 Å². The number of aromatic amines is 1. The number of H-pyrrole nitrogens is 1. The highest BCUT2D eigenvalue weighted by Crippen LogP contribution is 2.21. The smallest absolute Gasteiger partial charge is 0.127 e. The lowest BCUT2D eigenvalue weighted by atomic mass is 10.0. The number of imidazole rings is 1. The molecule has 2 aromatic rings. The molecule has 0 amide bonds. The van der Waals surface area contributed by atoms with Crippen molar-refractivity contribution in [3.05, 3.63) is 53.1 Å². The highest BCUT2D eigenvalue weighted by molar-refractivity contribution is 5.34. The molecule has 1 heterocycles. The molecule has 0 aliphatic rings. The van der Waals surface area contributed by atoms with Crippen molar-refractivity contribution in [1.82, 2.24) is 15.3 Å². The van der Waals surface area contributed by atoms with Crippen LogP contribution in [0.5, 0.6) is 0 Å². The van der Waals surface area contributed by atoms with E-state index in [1.54, 1.807) is 6.20 Å². The minimum atomic E-state index is 0.147. The van der Waals surface area contributed by atoms with Crippen LogP contribution in [0.4, 0.5) is 0 Å². The zero-order valence-corrected chi connectivity index (χ0v) is 10.6. The lowest BCUT2D eigenvalue weighted by Gasteiger charge is -2.17. The molecular weight excluding hydrogens is 210 g/mol. The highest BCUT2D eigenvalue weighted by Gasteiger charge is 2.15. The van der Waals surface area contributed by atoms with E-state index in [1.165, 1.54) is 16.7 Å². The number of hydrogen-bond donors (Lipinski definition) is 2. The number of aromatic nitrogens is 2. The molecule has 0 saturated carbocycles. The van der Waals surface area contributed by atoms with Gasteiger partial charge in [-0.25, -0.2) is 4.98 Å². The topological polar surface area (TPSA) is 40.7 Å². The summed E-state index contributed by atoms with van der Waals surface area (Å²) in [6.45, 7) is 7.30. The second-order valence-corrected chi connectivity index (χ2v) is 4.31. The van der Waals surface area contributed by atoms with Crippen molar-refractivity contribution in [1.29, 1.82) is 0 Å². The second-order valence-electron chi connectivity index (χ2n) is 4.31. The fourth-order valence-electron chi connectivity index (χ4n) is 1.96. The molecule has 3 heteroatoms. The quantitative estimate of drug-likeness (QED) is 0.846. The molecule has 1 aromatic heterocycles. The average Bonchev–Trinajstić information content (AvgIpc) is 2.83. The normalized spacial score (nSPS) is 12.6. The molecule has 0 aliphatic carbocycles. The molecule has 0 fully saturated rings. The Labute approximate surface area is 102 Å². The first-order valence-electron chi connectivity index (χ1n) is 6.02. The van der Waals surface area contributed by atoms with Gasteiger partial charge in [0.25, 0.3) is 0 Å². The summed E-state index contributed by atoms with van der Waals surface area (Å²) in [7, 11) is 0. The summed E-state index contributed by atoms with van der Waals surface area (Å²) in [5, 5.41) is 3.45. The van der Waals surface area contributed by atoms with Crippen LogP contribution in [-0.2, 0) is 0 Å². The number of nitrogens with one attached hydrogen (secondary N) is 2. The summed E-state index contributed by atoms with van der Waals surface area (Å²) in [6, 6.07) is 6.70. The molecule has 1 unspecified atom stereocenters. The van der Waals surface area contributed by atoms with E-state index in [0.29, 0.717) is 0 Å². The molecule has 1 atom stereocenters. The number of rotatable bonds is 4. The summed E-state index contributed by atoms with van der Waals surface area (Å²) in [5.74, 6) is 0.968. The van der Waals surface area contributed by atoms with Gasteiger partial charge in [-0.2, -0.15) is 0 Å². The van der Waals surface area contributed by atoms with Gasteiger partial charge in [0, 0.05) is 12.4 Å². The van der Waals surface area contributed by atoms with Gasteiger partial charge in [0.05, 0.1) is 6.04 Å². The third-order valence-electron chi connectivity index (χ3n) is 3.07. The van der Waals surface area contributed by atoms with Crippen LogP contribution >= 0.6 is 0 Å². The Hall–Kier alpha value is -1.61. The predicted molar refractivity (Wildman–Crippen MR) is 70.0 cm³/mol. The predicted octanol–water partition coefficient (Wildman–Crippen LogP) is 2.73. The summed E-state index contributed by atoms with van der Waals surface area (Å²) >= 11 is 0. The Morgan fingerprint density at radius 1 is 1.29 bits per heavy atom. The van der Waals surface area contributed by atoms with Crippen LogP contribution in [-0.4, -0.2) is 16.5 Å². The van der Waals surface area contributed by atoms with Gasteiger partial charge in [0.1, 0.15) is 5.82 Å². The molecule has 0 bridgehead atoms. The summed E-state index contributed by atoms with van der Waals surface area (Å²) in [5.41, 5.74) is 3.89. The maximum Gasteiger partial charge on any atom is 0.127 e. The van der Waals surface area contributed by atoms with E-state index < -0.39 is 0 Å². The lowest BCUT2D eigenvalue weighted by molar-refractivity contribution is 0.603. The summed E-state index contributed by atoms with van der Waals surface area (Å²) in [6.07, 6.45) is 3.65. The van der Waals surface area contributed by atoms with Crippen LogP contribution in [0.1, 0.15) is 35.5 Å². The molecule has 0 spiro atoms. The average molecular weight is 229 g/mol. The third-order valence-corrected chi connectivity index (χ3v) is 3.07. The molecule has 1 aromatic carbocycles. The van der Waals surface area contributed by atoms with Gasteiger partial charge in [0.15, 0.2) is 0 Å². The molecule has 2 rings (SSSR count). The lowest BCUT2D eigenvalue weighted by Crippen LogP contribution is -2.23. The van der Waals surface area contributed by atoms with E-state index in [4.69, 9.17) is 0 Å². The summed E-state index contributed by atoms with van der Waals surface area (Å²) < 4.78 is 0. The van der Waals surface area contributed by atoms with Crippen LogP contribution in [0.25, 0.3) is 0 Å².